The number of hydrogen-bond donors (Lipinski definition) is 1. The molecule has 0 radical (unpaired) electrons. The number of nitrogens with zero attached hydrogens (tertiary/aromatic N) is 2. The second kappa shape index (κ2) is 12.7. The number of aliphatic carboxylic acids is 1. The van der Waals surface area contributed by atoms with Gasteiger partial charge >= 0.3 is 5.97 Å². The van der Waals surface area contributed by atoms with Gasteiger partial charge in [-0.15, -0.1) is 0 Å². The van der Waals surface area contributed by atoms with Crippen LogP contribution in [0, 0.1) is 28.9 Å². The van der Waals surface area contributed by atoms with Crippen molar-refractivity contribution >= 4 is 5.97 Å². The minimum absolute atomic E-state index is 0.116. The Kier molecular flexibility index (Phi) is 9.59. The molecular weight excluding hydrogens is 482 g/mol. The average molecular weight is 527 g/mol. The van der Waals surface area contributed by atoms with Crippen LogP contribution in [-0.2, 0) is 11.2 Å². The van der Waals surface area contributed by atoms with Gasteiger partial charge in [-0.05, 0) is 85.7 Å². The molecular formula is C32H44F2N2O2. The zero-order valence-corrected chi connectivity index (χ0v) is 23.2. The fourth-order valence-corrected chi connectivity index (χ4v) is 6.65. The summed E-state index contributed by atoms with van der Waals surface area (Å²) < 4.78 is 26.8. The number of rotatable bonds is 11. The zero-order chi connectivity index (χ0) is 27.3. The van der Waals surface area contributed by atoms with Gasteiger partial charge in [-0.1, -0.05) is 63.6 Å². The second-order valence-corrected chi connectivity index (χ2v) is 12.1. The molecule has 38 heavy (non-hydrogen) atoms. The Labute approximate surface area is 227 Å². The van der Waals surface area contributed by atoms with E-state index >= 15 is 0 Å². The summed E-state index contributed by atoms with van der Waals surface area (Å²) in [6.45, 7) is 11.2. The first-order valence-corrected chi connectivity index (χ1v) is 14.4. The Hall–Kier alpha value is -2.31. The molecule has 0 aliphatic carbocycles. The van der Waals surface area contributed by atoms with Gasteiger partial charge < -0.3 is 10.0 Å². The highest BCUT2D eigenvalue weighted by Gasteiger charge is 2.42. The monoisotopic (exact) mass is 526 g/mol. The molecule has 2 aliphatic rings. The summed E-state index contributed by atoms with van der Waals surface area (Å²) in [5.41, 5.74) is 2.44. The van der Waals surface area contributed by atoms with Crippen LogP contribution in [0.5, 0.6) is 0 Å². The van der Waals surface area contributed by atoms with Crippen LogP contribution in [0.3, 0.4) is 0 Å². The highest BCUT2D eigenvalue weighted by Crippen LogP contribution is 2.39. The van der Waals surface area contributed by atoms with Crippen LogP contribution in [0.1, 0.15) is 69.9 Å². The number of likely N-dealkylation sites (tertiary alicyclic amines) is 2. The summed E-state index contributed by atoms with van der Waals surface area (Å²) in [5, 5.41) is 10.0. The van der Waals surface area contributed by atoms with Crippen molar-refractivity contribution < 1.29 is 18.7 Å². The van der Waals surface area contributed by atoms with Gasteiger partial charge in [0, 0.05) is 25.6 Å². The molecule has 208 valence electrons. The molecule has 2 aliphatic heterocycles. The van der Waals surface area contributed by atoms with E-state index in [1.54, 1.807) is 6.07 Å². The molecule has 2 fully saturated rings. The maximum atomic E-state index is 13.5. The fraction of sp³-hybridized carbons (Fsp3) is 0.594. The van der Waals surface area contributed by atoms with Gasteiger partial charge in [0.1, 0.15) is 6.04 Å². The molecule has 6 heteroatoms. The molecule has 2 aromatic carbocycles. The Morgan fingerprint density at radius 3 is 2.42 bits per heavy atom. The van der Waals surface area contributed by atoms with Crippen molar-refractivity contribution in [1.82, 2.24) is 9.80 Å². The van der Waals surface area contributed by atoms with Gasteiger partial charge in [0.15, 0.2) is 11.6 Å². The summed E-state index contributed by atoms with van der Waals surface area (Å²) in [4.78, 5) is 17.0. The molecule has 2 saturated heterocycles. The molecule has 0 bridgehead atoms. The molecule has 0 aromatic heterocycles. The maximum Gasteiger partial charge on any atom is 0.321 e. The Bertz CT molecular complexity index is 1050. The first-order valence-electron chi connectivity index (χ1n) is 14.4. The zero-order valence-electron chi connectivity index (χ0n) is 23.2. The van der Waals surface area contributed by atoms with Crippen LogP contribution in [0.2, 0.25) is 0 Å². The average Bonchev–Trinajstić information content (AvgIpc) is 3.30. The molecule has 0 spiro atoms. The number of piperidine rings is 1. The molecule has 4 atom stereocenters. The number of benzene rings is 2. The lowest BCUT2D eigenvalue weighted by Crippen LogP contribution is -2.45. The largest absolute Gasteiger partial charge is 0.480 e. The third-order valence-corrected chi connectivity index (χ3v) is 9.31. The van der Waals surface area contributed by atoms with Gasteiger partial charge in [0.2, 0.25) is 0 Å². The minimum Gasteiger partial charge on any atom is -0.480 e. The maximum absolute atomic E-state index is 13.5. The first kappa shape index (κ1) is 28.7. The number of carboxylic acid groups (broad SMARTS) is 1. The standard InChI is InChI=1S/C32H44F2N2O2/c1-4-23(2)30(31(37)38)36-21-26(27(22-36)25-10-6-5-7-11-25)20-35-17-15-32(3,16-18-35)14-8-9-24-12-13-28(33)29(34)19-24/h5-7,10-13,19,23,26-27,30H,4,8-9,14-18,20-22H2,1-3H3,(H,37,38). The molecule has 0 saturated carbocycles. The van der Waals surface area contributed by atoms with Crippen molar-refractivity contribution in [2.45, 2.75) is 71.3 Å². The summed E-state index contributed by atoms with van der Waals surface area (Å²) in [6, 6.07) is 14.4. The van der Waals surface area contributed by atoms with Crippen molar-refractivity contribution in [2.24, 2.45) is 17.3 Å². The first-order chi connectivity index (χ1) is 18.2. The number of carbonyl (C=O) groups is 1. The van der Waals surface area contributed by atoms with E-state index in [2.05, 4.69) is 54.8 Å². The normalized spacial score (nSPS) is 23.8. The molecule has 0 amide bonds. The lowest BCUT2D eigenvalue weighted by molar-refractivity contribution is -0.145. The van der Waals surface area contributed by atoms with Gasteiger partial charge in [-0.3, -0.25) is 9.69 Å². The summed E-state index contributed by atoms with van der Waals surface area (Å²) in [6.07, 6.45) is 5.94. The number of hydrogen-bond acceptors (Lipinski definition) is 3. The van der Waals surface area contributed by atoms with Crippen molar-refractivity contribution in [1.29, 1.82) is 0 Å². The van der Waals surface area contributed by atoms with Crippen LogP contribution in [0.25, 0.3) is 0 Å². The lowest BCUT2D eigenvalue weighted by atomic mass is 9.76. The van der Waals surface area contributed by atoms with Crippen molar-refractivity contribution in [2.75, 3.05) is 32.7 Å². The second-order valence-electron chi connectivity index (χ2n) is 12.1. The van der Waals surface area contributed by atoms with Gasteiger partial charge in [0.05, 0.1) is 0 Å². The SMILES string of the molecule is CCC(C)C(C(=O)O)N1CC(CN2CCC(C)(CCCc3ccc(F)c(F)c3)CC2)C(c2ccccc2)C1. The third kappa shape index (κ3) is 7.01. The molecule has 2 heterocycles. The Morgan fingerprint density at radius 1 is 1.08 bits per heavy atom. The molecule has 4 nitrogen and oxygen atoms in total. The predicted octanol–water partition coefficient (Wildman–Crippen LogP) is 6.60. The van der Waals surface area contributed by atoms with Crippen molar-refractivity contribution in [3.05, 3.63) is 71.3 Å². The van der Waals surface area contributed by atoms with E-state index in [9.17, 15) is 18.7 Å². The Balaban J connectivity index is 1.34. The quantitative estimate of drug-likeness (QED) is 0.358. The van der Waals surface area contributed by atoms with E-state index in [0.717, 1.165) is 76.8 Å². The van der Waals surface area contributed by atoms with E-state index in [-0.39, 0.29) is 11.3 Å². The summed E-state index contributed by atoms with van der Waals surface area (Å²) in [7, 11) is 0. The van der Waals surface area contributed by atoms with E-state index in [1.807, 2.05) is 6.07 Å². The molecule has 4 unspecified atom stereocenters. The summed E-state index contributed by atoms with van der Waals surface area (Å²) in [5.74, 6) is -1.40. The van der Waals surface area contributed by atoms with Crippen LogP contribution in [0.4, 0.5) is 8.78 Å². The fourth-order valence-electron chi connectivity index (χ4n) is 6.65. The molecule has 2 aromatic rings. The van der Waals surface area contributed by atoms with Crippen LogP contribution >= 0.6 is 0 Å². The smallest absolute Gasteiger partial charge is 0.321 e. The van der Waals surface area contributed by atoms with E-state index in [4.69, 9.17) is 0 Å². The predicted molar refractivity (Wildman–Crippen MR) is 148 cm³/mol. The van der Waals surface area contributed by atoms with E-state index in [1.165, 1.54) is 17.7 Å². The van der Waals surface area contributed by atoms with Crippen molar-refractivity contribution in [3.63, 3.8) is 0 Å². The third-order valence-electron chi connectivity index (χ3n) is 9.31. The van der Waals surface area contributed by atoms with Gasteiger partial charge in [0.25, 0.3) is 0 Å². The van der Waals surface area contributed by atoms with Crippen molar-refractivity contribution in [3.8, 4) is 0 Å². The van der Waals surface area contributed by atoms with E-state index in [0.29, 0.717) is 11.8 Å². The van der Waals surface area contributed by atoms with Gasteiger partial charge in [-0.25, -0.2) is 8.78 Å². The number of carboxylic acids is 1. The topological polar surface area (TPSA) is 43.8 Å². The highest BCUT2D eigenvalue weighted by atomic mass is 19.2. The number of halogens is 2. The lowest BCUT2D eigenvalue weighted by Gasteiger charge is -2.41. The van der Waals surface area contributed by atoms with Crippen LogP contribution in [0.15, 0.2) is 48.5 Å². The minimum atomic E-state index is -0.786. The van der Waals surface area contributed by atoms with E-state index < -0.39 is 23.6 Å². The van der Waals surface area contributed by atoms with Gasteiger partial charge in [-0.2, -0.15) is 0 Å². The summed E-state index contributed by atoms with van der Waals surface area (Å²) >= 11 is 0. The van der Waals surface area contributed by atoms with Crippen LogP contribution in [-0.4, -0.2) is 59.6 Å². The Morgan fingerprint density at radius 2 is 1.79 bits per heavy atom. The highest BCUT2D eigenvalue weighted by molar-refractivity contribution is 5.74. The molecule has 4 rings (SSSR count). The number of aryl methyl sites for hydroxylation is 1. The van der Waals surface area contributed by atoms with Crippen LogP contribution < -0.4 is 0 Å². The molecule has 1 N–H and O–H groups in total.